The largest absolute Gasteiger partial charge is 0.400 e. The lowest BCUT2D eigenvalue weighted by molar-refractivity contribution is -0.132. The van der Waals surface area contributed by atoms with Gasteiger partial charge in [0.2, 0.25) is 5.91 Å². The minimum absolute atomic E-state index is 0.0734. The van der Waals surface area contributed by atoms with Gasteiger partial charge in [0.25, 0.3) is 32.9 Å². The summed E-state index contributed by atoms with van der Waals surface area (Å²) in [6, 6.07) is 3.89. The number of aromatic nitrogens is 6. The van der Waals surface area contributed by atoms with E-state index in [-0.39, 0.29) is 44.7 Å². The Hall–Kier alpha value is -4.71. The second kappa shape index (κ2) is 16.1. The smallest absolute Gasteiger partial charge is 0.286 e. The third kappa shape index (κ3) is 9.09. The summed E-state index contributed by atoms with van der Waals surface area (Å²) in [5, 5.41) is 23.6. The predicted octanol–water partition coefficient (Wildman–Crippen LogP) is 1.72. The average molecular weight is 809 g/mol. The van der Waals surface area contributed by atoms with Gasteiger partial charge in [0, 0.05) is 61.3 Å². The highest BCUT2D eigenvalue weighted by Crippen LogP contribution is 2.30. The van der Waals surface area contributed by atoms with E-state index in [1.165, 1.54) is 23.2 Å². The molecule has 0 radical (unpaired) electrons. The first-order valence-corrected chi connectivity index (χ1v) is 18.5. The Bertz CT molecular complexity index is 2240. The summed E-state index contributed by atoms with van der Waals surface area (Å²) >= 11 is 5.93. The molecule has 4 aromatic rings. The third-order valence-corrected chi connectivity index (χ3v) is 10.9. The Morgan fingerprint density at radius 2 is 1.64 bits per heavy atom. The molecule has 24 heteroatoms. The van der Waals surface area contributed by atoms with E-state index in [0.717, 1.165) is 56.1 Å². The number of sulfonamides is 1. The molecule has 16 nitrogen and oxygen atoms in total. The van der Waals surface area contributed by atoms with E-state index in [0.29, 0.717) is 18.8 Å². The number of halogens is 6. The molecule has 0 aliphatic carbocycles. The van der Waals surface area contributed by atoms with Crippen LogP contribution in [0.25, 0.3) is 0 Å². The van der Waals surface area contributed by atoms with Crippen molar-refractivity contribution >= 4 is 43.8 Å². The maximum absolute atomic E-state index is 13.8. The van der Waals surface area contributed by atoms with Gasteiger partial charge in [-0.2, -0.15) is 40.6 Å². The molecule has 1 atom stereocenters. The van der Waals surface area contributed by atoms with Crippen LogP contribution in [0.2, 0.25) is 5.02 Å². The van der Waals surface area contributed by atoms with Crippen LogP contribution in [0.1, 0.15) is 22.7 Å². The van der Waals surface area contributed by atoms with Crippen LogP contribution < -0.4 is 11.1 Å². The molecule has 6 rings (SSSR count). The first kappa shape index (κ1) is 39.5. The molecular weight excluding hydrogens is 779 g/mol. The van der Waals surface area contributed by atoms with Crippen molar-refractivity contribution in [2.75, 3.05) is 19.7 Å². The van der Waals surface area contributed by atoms with Crippen molar-refractivity contribution in [2.45, 2.75) is 54.7 Å². The summed E-state index contributed by atoms with van der Waals surface area (Å²) in [7, 11) is -8.13. The van der Waals surface area contributed by atoms with Crippen molar-refractivity contribution in [3.8, 4) is 0 Å². The molecule has 1 aromatic carbocycles. The number of hydrogen-bond acceptors (Lipinski definition) is 11. The Morgan fingerprint density at radius 1 is 1.00 bits per heavy atom. The molecule has 53 heavy (non-hydrogen) atoms. The first-order valence-electron chi connectivity index (χ1n) is 15.3. The minimum Gasteiger partial charge on any atom is -0.400 e. The summed E-state index contributed by atoms with van der Waals surface area (Å²) in [6.07, 6.45) is 1.03. The van der Waals surface area contributed by atoms with Crippen molar-refractivity contribution < 1.29 is 48.7 Å². The zero-order chi connectivity index (χ0) is 38.7. The maximum Gasteiger partial charge on any atom is 0.286 e. The van der Waals surface area contributed by atoms with Crippen LogP contribution in [0.15, 0.2) is 74.6 Å². The van der Waals surface area contributed by atoms with Crippen LogP contribution in [-0.2, 0) is 51.0 Å². The van der Waals surface area contributed by atoms with E-state index in [1.807, 2.05) is 0 Å². The van der Waals surface area contributed by atoms with Crippen LogP contribution in [0.3, 0.4) is 0 Å². The summed E-state index contributed by atoms with van der Waals surface area (Å²) in [6.45, 7) is -1.16. The van der Waals surface area contributed by atoms with Crippen LogP contribution in [0.4, 0.5) is 22.0 Å². The summed E-state index contributed by atoms with van der Waals surface area (Å²) in [5.41, 5.74) is 7.91. The van der Waals surface area contributed by atoms with Gasteiger partial charge in [-0.1, -0.05) is 23.7 Å². The zero-order valence-electron chi connectivity index (χ0n) is 27.1. The van der Waals surface area contributed by atoms with Gasteiger partial charge < -0.3 is 21.1 Å². The standard InChI is InChI=1S/C19H19ClF3N5O4S.C10H11F2N5O2S/c20-18-13(2-1-3-15(18)21)14(10-29)19(30)27-6-11(16(24)8-27)4-26-33(31,32)12-5-25-28(7-12)9-17(22)23;11-10(12)6-16-5-8(2-14-16)20(18,19)17-4-7-1-13-3-9(7)15-17/h1-5,7,14,17,29H,6,8-10,24H2;2,4-5,10,13H,1,3,6H2/t14-;/m1./s1. The highest BCUT2D eigenvalue weighted by molar-refractivity contribution is 7.90. The van der Waals surface area contributed by atoms with E-state index < -0.39 is 70.2 Å². The van der Waals surface area contributed by atoms with Crippen molar-refractivity contribution in [1.29, 1.82) is 0 Å². The number of nitrogens with zero attached hydrogens (tertiary/aromatic N) is 8. The Labute approximate surface area is 303 Å². The number of aliphatic hydroxyl groups excluding tert-OH is 1. The van der Waals surface area contributed by atoms with Crippen LogP contribution >= 0.6 is 11.6 Å². The van der Waals surface area contributed by atoms with Gasteiger partial charge in [-0.3, -0.25) is 14.2 Å². The second-order valence-corrected chi connectivity index (χ2v) is 15.3. The molecule has 3 aromatic heterocycles. The number of rotatable bonds is 12. The molecule has 0 saturated carbocycles. The quantitative estimate of drug-likeness (QED) is 0.139. The highest BCUT2D eigenvalue weighted by Gasteiger charge is 2.32. The average Bonchev–Trinajstić information content (AvgIpc) is 3.92. The maximum atomic E-state index is 13.8. The van der Waals surface area contributed by atoms with Gasteiger partial charge >= 0.3 is 0 Å². The number of nitrogens with two attached hydrogens (primary N) is 1. The number of hydrogen-bond donors (Lipinski definition) is 3. The normalized spacial score (nSPS) is 15.5. The van der Waals surface area contributed by atoms with E-state index in [1.54, 1.807) is 0 Å². The van der Waals surface area contributed by atoms with Gasteiger partial charge in [0.1, 0.15) is 28.7 Å². The fourth-order valence-corrected chi connectivity index (χ4v) is 7.37. The van der Waals surface area contributed by atoms with Crippen LogP contribution in [-0.4, -0.2) is 100 Å². The molecule has 1 amide bonds. The fourth-order valence-electron chi connectivity index (χ4n) is 5.16. The SMILES string of the molecule is NC1=C(C=NS(=O)(=O)c2cnn(CC(F)F)c2)CN(C(=O)[C@H](CO)c2cccc(F)c2Cl)C1.O=S(=O)(c1cnn(CC(F)F)c1)n1cc2c(n1)CNC2. The van der Waals surface area contributed by atoms with Gasteiger partial charge in [-0.25, -0.2) is 22.0 Å². The molecule has 2 aliphatic rings. The number of fused-ring (bicyclic) bond motifs is 1. The molecule has 2 aliphatic heterocycles. The van der Waals surface area contributed by atoms with Crippen LogP contribution in [0, 0.1) is 5.82 Å². The lowest BCUT2D eigenvalue weighted by Crippen LogP contribution is -2.36. The van der Waals surface area contributed by atoms with Gasteiger partial charge in [-0.05, 0) is 11.6 Å². The topological polar surface area (TPSA) is 213 Å². The Kier molecular flexibility index (Phi) is 12.0. The lowest BCUT2D eigenvalue weighted by atomic mass is 9.98. The number of carbonyl (C=O) groups is 1. The first-order chi connectivity index (χ1) is 25.0. The molecule has 0 bridgehead atoms. The van der Waals surface area contributed by atoms with Crippen LogP contribution in [0.5, 0.6) is 0 Å². The van der Waals surface area contributed by atoms with E-state index in [4.69, 9.17) is 17.3 Å². The van der Waals surface area contributed by atoms with Gasteiger partial charge in [-0.15, -0.1) is 0 Å². The van der Waals surface area contributed by atoms with E-state index >= 15 is 0 Å². The number of nitrogens with one attached hydrogen (secondary N) is 1. The van der Waals surface area contributed by atoms with E-state index in [9.17, 15) is 48.7 Å². The third-order valence-electron chi connectivity index (χ3n) is 7.81. The van der Waals surface area contributed by atoms with Crippen molar-refractivity contribution in [3.05, 3.63) is 88.1 Å². The van der Waals surface area contributed by atoms with E-state index in [2.05, 4.69) is 25.0 Å². The van der Waals surface area contributed by atoms with Crippen molar-refractivity contribution in [1.82, 2.24) is 39.0 Å². The summed E-state index contributed by atoms with van der Waals surface area (Å²) in [5.74, 6) is -2.48. The molecule has 0 saturated heterocycles. The Morgan fingerprint density at radius 3 is 2.26 bits per heavy atom. The fraction of sp³-hybridized carbons (Fsp3) is 0.345. The zero-order valence-corrected chi connectivity index (χ0v) is 29.5. The molecule has 4 N–H and O–H groups in total. The monoisotopic (exact) mass is 808 g/mol. The van der Waals surface area contributed by atoms with Gasteiger partial charge in [0.05, 0.1) is 42.2 Å². The molecule has 0 spiro atoms. The predicted molar refractivity (Wildman–Crippen MR) is 177 cm³/mol. The van der Waals surface area contributed by atoms with Crippen molar-refractivity contribution in [3.63, 3.8) is 0 Å². The van der Waals surface area contributed by atoms with Gasteiger partial charge in [0.15, 0.2) is 0 Å². The number of aliphatic hydroxyl groups is 1. The molecule has 0 fully saturated rings. The Balaban J connectivity index is 0.000000230. The number of benzene rings is 1. The molecular formula is C29H30ClF5N10O6S2. The number of alkyl halides is 4. The van der Waals surface area contributed by atoms with Crippen molar-refractivity contribution in [2.24, 2.45) is 10.1 Å². The number of carbonyl (C=O) groups excluding carboxylic acids is 1. The molecule has 286 valence electrons. The molecule has 5 heterocycles. The summed E-state index contributed by atoms with van der Waals surface area (Å²) in [4.78, 5) is 13.6. The number of amides is 1. The second-order valence-electron chi connectivity index (χ2n) is 11.5. The minimum atomic E-state index is -4.25. The summed E-state index contributed by atoms with van der Waals surface area (Å²) < 4.78 is 118. The lowest BCUT2D eigenvalue weighted by Gasteiger charge is -2.23. The molecule has 0 unspecified atom stereocenters. The highest BCUT2D eigenvalue weighted by atomic mass is 35.5.